The third kappa shape index (κ3) is 4.33. The molecule has 1 atom stereocenters. The fraction of sp³-hybridized carbons (Fsp3) is 0.185. The molecule has 38 heavy (non-hydrogen) atoms. The number of fused-ring (bicyclic) bond motifs is 1. The Labute approximate surface area is 237 Å². The fourth-order valence-corrected chi connectivity index (χ4v) is 5.49. The van der Waals surface area contributed by atoms with Crippen LogP contribution < -0.4 is 14.5 Å². The summed E-state index contributed by atoms with van der Waals surface area (Å²) in [7, 11) is 0. The van der Waals surface area contributed by atoms with Gasteiger partial charge < -0.3 is 9.64 Å². The molecule has 2 aliphatic heterocycles. The average Bonchev–Trinajstić information content (AvgIpc) is 3.40. The quantitative estimate of drug-likeness (QED) is 0.111. The summed E-state index contributed by atoms with van der Waals surface area (Å²) in [6, 6.07) is 11.6. The molecule has 11 heteroatoms. The third-order valence-electron chi connectivity index (χ3n) is 6.66. The van der Waals surface area contributed by atoms with Gasteiger partial charge in [0.05, 0.1) is 42.8 Å². The Morgan fingerprint density at radius 2 is 1.45 bits per heavy atom. The molecule has 1 fully saturated rings. The number of esters is 1. The van der Waals surface area contributed by atoms with E-state index in [1.165, 1.54) is 24.3 Å². The van der Waals surface area contributed by atoms with Crippen molar-refractivity contribution in [1.29, 1.82) is 0 Å². The zero-order chi connectivity index (χ0) is 27.5. The molecule has 194 valence electrons. The molecule has 0 bridgehead atoms. The van der Waals surface area contributed by atoms with Crippen molar-refractivity contribution in [2.24, 2.45) is 5.92 Å². The van der Waals surface area contributed by atoms with Crippen LogP contribution in [0.3, 0.4) is 0 Å². The fourth-order valence-electron chi connectivity index (χ4n) is 4.48. The second kappa shape index (κ2) is 9.89. The van der Waals surface area contributed by atoms with Crippen LogP contribution in [0.15, 0.2) is 42.5 Å². The van der Waals surface area contributed by atoms with Gasteiger partial charge in [0.15, 0.2) is 0 Å². The molecule has 3 aromatic carbocycles. The number of ether oxygens (including phenoxy) is 1. The van der Waals surface area contributed by atoms with Gasteiger partial charge in [-0.3, -0.25) is 19.2 Å². The summed E-state index contributed by atoms with van der Waals surface area (Å²) in [5.41, 5.74) is 2.67. The maximum Gasteiger partial charge on any atom is 0.316 e. The first-order valence-corrected chi connectivity index (χ1v) is 12.9. The van der Waals surface area contributed by atoms with Crippen molar-refractivity contribution in [3.8, 4) is 5.75 Å². The molecule has 3 amide bonds. The van der Waals surface area contributed by atoms with E-state index in [1.54, 1.807) is 4.90 Å². The number of nitrogens with zero attached hydrogens (tertiary/aromatic N) is 2. The predicted molar refractivity (Wildman–Crippen MR) is 146 cm³/mol. The Balaban J connectivity index is 1.36. The lowest BCUT2D eigenvalue weighted by atomic mass is 10.1. The zero-order valence-corrected chi connectivity index (χ0v) is 23.0. The summed E-state index contributed by atoms with van der Waals surface area (Å²) in [4.78, 5) is 54.3. The Kier molecular flexibility index (Phi) is 6.90. The minimum atomic E-state index is -0.746. The number of amides is 3. The van der Waals surface area contributed by atoms with E-state index in [0.29, 0.717) is 0 Å². The van der Waals surface area contributed by atoms with Crippen LogP contribution in [0.4, 0.5) is 11.4 Å². The van der Waals surface area contributed by atoms with Crippen LogP contribution in [0.5, 0.6) is 5.75 Å². The molecule has 0 radical (unpaired) electrons. The van der Waals surface area contributed by atoms with Crippen LogP contribution in [0, 0.1) is 19.8 Å². The van der Waals surface area contributed by atoms with Gasteiger partial charge in [0.25, 0.3) is 11.8 Å². The highest BCUT2D eigenvalue weighted by Crippen LogP contribution is 2.46. The summed E-state index contributed by atoms with van der Waals surface area (Å²) >= 11 is 24.6. The van der Waals surface area contributed by atoms with Gasteiger partial charge >= 0.3 is 5.97 Å². The van der Waals surface area contributed by atoms with Crippen molar-refractivity contribution in [3.05, 3.63) is 84.8 Å². The summed E-state index contributed by atoms with van der Waals surface area (Å²) in [6.45, 7) is 4.11. The lowest BCUT2D eigenvalue weighted by molar-refractivity contribution is -0.139. The van der Waals surface area contributed by atoms with Gasteiger partial charge in [0.2, 0.25) is 5.91 Å². The van der Waals surface area contributed by atoms with Crippen molar-refractivity contribution in [2.75, 3.05) is 16.3 Å². The van der Waals surface area contributed by atoms with Gasteiger partial charge in [0, 0.05) is 24.7 Å². The van der Waals surface area contributed by atoms with E-state index in [-0.39, 0.29) is 61.5 Å². The van der Waals surface area contributed by atoms with E-state index in [2.05, 4.69) is 0 Å². The van der Waals surface area contributed by atoms with E-state index < -0.39 is 23.7 Å². The van der Waals surface area contributed by atoms with Gasteiger partial charge in [-0.15, -0.1) is 0 Å². The molecule has 7 nitrogen and oxygen atoms in total. The van der Waals surface area contributed by atoms with Crippen LogP contribution in [0.1, 0.15) is 38.3 Å². The highest BCUT2D eigenvalue weighted by molar-refractivity contribution is 6.56. The van der Waals surface area contributed by atoms with Crippen LogP contribution >= 0.6 is 46.4 Å². The maximum atomic E-state index is 13.1. The number of benzene rings is 3. The van der Waals surface area contributed by atoms with Gasteiger partial charge in [-0.2, -0.15) is 0 Å². The van der Waals surface area contributed by atoms with Crippen molar-refractivity contribution in [1.82, 2.24) is 0 Å². The van der Waals surface area contributed by atoms with Crippen molar-refractivity contribution >= 4 is 81.5 Å². The predicted octanol–water partition coefficient (Wildman–Crippen LogP) is 6.68. The van der Waals surface area contributed by atoms with Crippen LogP contribution in [0.25, 0.3) is 0 Å². The lowest BCUT2D eigenvalue weighted by Crippen LogP contribution is -2.29. The molecule has 0 N–H and O–H groups in total. The highest BCUT2D eigenvalue weighted by atomic mass is 35.5. The topological polar surface area (TPSA) is 84.0 Å². The molecule has 2 heterocycles. The number of imide groups is 1. The van der Waals surface area contributed by atoms with E-state index in [1.807, 2.05) is 32.0 Å². The number of hydrogen-bond acceptors (Lipinski definition) is 5. The minimum absolute atomic E-state index is 0.00235. The summed E-state index contributed by atoms with van der Waals surface area (Å²) < 4.78 is 5.55. The molecule has 0 aromatic heterocycles. The van der Waals surface area contributed by atoms with Crippen molar-refractivity contribution < 1.29 is 23.9 Å². The van der Waals surface area contributed by atoms with Crippen LogP contribution in [-0.2, 0) is 9.59 Å². The summed E-state index contributed by atoms with van der Waals surface area (Å²) in [5, 5.41) is -0.634. The van der Waals surface area contributed by atoms with Crippen LogP contribution in [-0.4, -0.2) is 30.2 Å². The average molecular weight is 592 g/mol. The lowest BCUT2D eigenvalue weighted by Gasteiger charge is -2.18. The smallest absolute Gasteiger partial charge is 0.316 e. The number of hydrogen-bond donors (Lipinski definition) is 0. The zero-order valence-electron chi connectivity index (χ0n) is 20.0. The monoisotopic (exact) mass is 590 g/mol. The molecule has 3 aromatic rings. The second-order valence-corrected chi connectivity index (χ2v) is 10.6. The Bertz CT molecular complexity index is 1520. The van der Waals surface area contributed by atoms with Crippen molar-refractivity contribution in [2.45, 2.75) is 20.3 Å². The third-order valence-corrected chi connectivity index (χ3v) is 8.46. The first-order valence-electron chi connectivity index (χ1n) is 11.4. The molecule has 1 saturated heterocycles. The molecule has 0 saturated carbocycles. The molecule has 0 aliphatic carbocycles. The van der Waals surface area contributed by atoms with Gasteiger partial charge in [0.1, 0.15) is 5.75 Å². The largest absolute Gasteiger partial charge is 0.426 e. The minimum Gasteiger partial charge on any atom is -0.426 e. The Hall–Kier alpha value is -3.10. The van der Waals surface area contributed by atoms with Gasteiger partial charge in [-0.05, 0) is 49.2 Å². The van der Waals surface area contributed by atoms with Gasteiger partial charge in [-0.25, -0.2) is 4.90 Å². The number of aryl methyl sites for hydroxylation is 2. The second-order valence-electron chi connectivity index (χ2n) is 9.04. The van der Waals surface area contributed by atoms with E-state index >= 15 is 0 Å². The number of halogens is 4. The molecular weight excluding hydrogens is 574 g/mol. The summed E-state index contributed by atoms with van der Waals surface area (Å²) in [5.74, 6) is -2.87. The molecular formula is C27H18Cl4N2O5. The standard InChI is InChI=1S/C27H18Cl4N2O5/c1-12-6-7-15(8-13(12)2)32-11-14(9-18(32)34)27(37)38-17-5-3-4-16(10-17)33-25(35)19-20(26(33)36)22(29)24(31)23(30)21(19)28/h3-8,10,14H,9,11H2,1-2H3/t14-/m1/s1. The highest BCUT2D eigenvalue weighted by Gasteiger charge is 2.43. The first-order chi connectivity index (χ1) is 18.0. The Morgan fingerprint density at radius 3 is 2.05 bits per heavy atom. The number of carbonyl (C=O) groups is 4. The van der Waals surface area contributed by atoms with Gasteiger partial charge in [-0.1, -0.05) is 58.5 Å². The van der Waals surface area contributed by atoms with E-state index in [9.17, 15) is 19.2 Å². The number of rotatable bonds is 4. The number of carbonyl (C=O) groups excluding carboxylic acids is 4. The molecule has 0 spiro atoms. The molecule has 5 rings (SSSR count). The SMILES string of the molecule is Cc1ccc(N2C[C@H](C(=O)Oc3cccc(N4C(=O)c5c(Cl)c(Cl)c(Cl)c(Cl)c5C4=O)c3)CC2=O)cc1C. The Morgan fingerprint density at radius 1 is 0.816 bits per heavy atom. The summed E-state index contributed by atoms with van der Waals surface area (Å²) in [6.07, 6.45) is 0.00235. The van der Waals surface area contributed by atoms with E-state index in [4.69, 9.17) is 51.1 Å². The molecule has 0 unspecified atom stereocenters. The van der Waals surface area contributed by atoms with Crippen LogP contribution in [0.2, 0.25) is 20.1 Å². The maximum absolute atomic E-state index is 13.1. The molecule has 2 aliphatic rings. The normalized spacial score (nSPS) is 16.9. The first kappa shape index (κ1) is 26.5. The van der Waals surface area contributed by atoms with Crippen molar-refractivity contribution in [3.63, 3.8) is 0 Å². The number of anilines is 2. The van der Waals surface area contributed by atoms with E-state index in [0.717, 1.165) is 21.7 Å².